The number of urea groups is 1. The van der Waals surface area contributed by atoms with Gasteiger partial charge in [0.05, 0.1) is 18.0 Å². The number of hydrogen-bond acceptors (Lipinski definition) is 10. The Morgan fingerprint density at radius 3 is 2.57 bits per heavy atom. The van der Waals surface area contributed by atoms with Crippen LogP contribution in [0, 0.1) is 0 Å². The summed E-state index contributed by atoms with van der Waals surface area (Å²) in [7, 11) is 3.75. The number of amides is 2. The van der Waals surface area contributed by atoms with E-state index in [0.29, 0.717) is 57.9 Å². The quantitative estimate of drug-likeness (QED) is 0.282. The van der Waals surface area contributed by atoms with E-state index >= 15 is 0 Å². The van der Waals surface area contributed by atoms with Crippen molar-refractivity contribution in [3.8, 4) is 23.1 Å². The molecule has 1 saturated heterocycles. The van der Waals surface area contributed by atoms with Crippen LogP contribution in [0.2, 0.25) is 0 Å². The summed E-state index contributed by atoms with van der Waals surface area (Å²) in [6, 6.07) is 11.9. The predicted octanol–water partition coefficient (Wildman–Crippen LogP) is 4.99. The van der Waals surface area contributed by atoms with Crippen molar-refractivity contribution in [1.29, 1.82) is 0 Å². The first-order valence-corrected chi connectivity index (χ1v) is 13.9. The number of nitrogens with zero attached hydrogens (tertiary/aromatic N) is 5. The Hall–Kier alpha value is -4.42. The van der Waals surface area contributed by atoms with Crippen LogP contribution in [-0.2, 0) is 5.41 Å². The molecular formula is C30H37N7O5. The van der Waals surface area contributed by atoms with Crippen molar-refractivity contribution in [2.24, 2.45) is 0 Å². The fourth-order valence-electron chi connectivity index (χ4n) is 4.47. The number of carbonyl (C=O) groups is 1. The molecule has 12 nitrogen and oxygen atoms in total. The van der Waals surface area contributed by atoms with Crippen LogP contribution in [0.25, 0.3) is 10.9 Å². The number of benzene rings is 2. The van der Waals surface area contributed by atoms with Crippen molar-refractivity contribution in [3.63, 3.8) is 0 Å². The molecule has 222 valence electrons. The molecule has 1 fully saturated rings. The van der Waals surface area contributed by atoms with Crippen LogP contribution in [0.5, 0.6) is 23.1 Å². The highest BCUT2D eigenvalue weighted by atomic mass is 16.5. The second kappa shape index (κ2) is 12.6. The minimum Gasteiger partial charge on any atom is -0.493 e. The summed E-state index contributed by atoms with van der Waals surface area (Å²) >= 11 is 0. The van der Waals surface area contributed by atoms with E-state index in [-0.39, 0.29) is 5.41 Å². The maximum atomic E-state index is 12.6. The molecule has 0 radical (unpaired) electrons. The van der Waals surface area contributed by atoms with Gasteiger partial charge < -0.3 is 29.0 Å². The average molecular weight is 576 g/mol. The Morgan fingerprint density at radius 2 is 1.83 bits per heavy atom. The monoisotopic (exact) mass is 575 g/mol. The summed E-state index contributed by atoms with van der Waals surface area (Å²) in [5.41, 5.74) is 0.958. The highest BCUT2D eigenvalue weighted by molar-refractivity contribution is 5.99. The van der Waals surface area contributed by atoms with E-state index in [1.807, 2.05) is 32.9 Å². The fraction of sp³-hybridized carbons (Fsp3) is 0.400. The number of fused-ring (bicyclic) bond motifs is 1. The summed E-state index contributed by atoms with van der Waals surface area (Å²) in [5.74, 6) is 3.02. The topological polar surface area (TPSA) is 127 Å². The molecule has 1 aliphatic rings. The first-order chi connectivity index (χ1) is 20.2. The largest absolute Gasteiger partial charge is 0.493 e. The normalized spacial score (nSPS) is 14.5. The number of nitrogens with one attached hydrogen (secondary N) is 2. The molecule has 0 atom stereocenters. The zero-order valence-electron chi connectivity index (χ0n) is 24.6. The van der Waals surface area contributed by atoms with Gasteiger partial charge in [0, 0.05) is 62.0 Å². The second-order valence-electron chi connectivity index (χ2n) is 11.2. The molecule has 2 N–H and O–H groups in total. The van der Waals surface area contributed by atoms with Gasteiger partial charge in [0.15, 0.2) is 17.3 Å². The minimum absolute atomic E-state index is 0.219. The van der Waals surface area contributed by atoms with Crippen LogP contribution in [-0.4, -0.2) is 84.4 Å². The van der Waals surface area contributed by atoms with Crippen LogP contribution in [0.4, 0.5) is 16.3 Å². The van der Waals surface area contributed by atoms with Gasteiger partial charge in [-0.3, -0.25) is 10.2 Å². The molecule has 2 aromatic heterocycles. The molecule has 0 unspecified atom stereocenters. The van der Waals surface area contributed by atoms with Crippen LogP contribution < -0.4 is 24.8 Å². The lowest BCUT2D eigenvalue weighted by Crippen LogP contribution is -2.45. The van der Waals surface area contributed by atoms with Crippen molar-refractivity contribution in [1.82, 2.24) is 24.9 Å². The fourth-order valence-corrected chi connectivity index (χ4v) is 4.47. The molecule has 1 aliphatic heterocycles. The Labute approximate surface area is 244 Å². The molecule has 42 heavy (non-hydrogen) atoms. The number of anilines is 2. The van der Waals surface area contributed by atoms with E-state index in [2.05, 4.69) is 42.6 Å². The molecule has 0 aliphatic carbocycles. The first-order valence-electron chi connectivity index (χ1n) is 13.9. The van der Waals surface area contributed by atoms with E-state index in [0.717, 1.165) is 32.7 Å². The number of hydrogen-bond donors (Lipinski definition) is 2. The Morgan fingerprint density at radius 1 is 1.02 bits per heavy atom. The molecule has 2 amide bonds. The number of aromatic nitrogens is 3. The van der Waals surface area contributed by atoms with Gasteiger partial charge in [-0.1, -0.05) is 32.0 Å². The molecular weight excluding hydrogens is 538 g/mol. The van der Waals surface area contributed by atoms with Crippen molar-refractivity contribution in [2.75, 3.05) is 64.1 Å². The summed E-state index contributed by atoms with van der Waals surface area (Å²) in [6.45, 7) is 11.5. The van der Waals surface area contributed by atoms with Gasteiger partial charge in [-0.15, -0.1) is 0 Å². The van der Waals surface area contributed by atoms with E-state index < -0.39 is 6.03 Å². The van der Waals surface area contributed by atoms with Crippen molar-refractivity contribution >= 4 is 28.4 Å². The van der Waals surface area contributed by atoms with Gasteiger partial charge in [0.25, 0.3) is 0 Å². The van der Waals surface area contributed by atoms with Gasteiger partial charge in [-0.05, 0) is 25.2 Å². The number of rotatable bonds is 9. The maximum absolute atomic E-state index is 12.6. The zero-order valence-corrected chi connectivity index (χ0v) is 24.6. The number of likely N-dealkylation sites (N-methyl/N-ethyl adjacent to an activating group) is 1. The van der Waals surface area contributed by atoms with Crippen molar-refractivity contribution < 1.29 is 23.5 Å². The first kappa shape index (κ1) is 29.1. The molecule has 0 saturated carbocycles. The lowest BCUT2D eigenvalue weighted by atomic mass is 9.93. The van der Waals surface area contributed by atoms with Gasteiger partial charge in [-0.25, -0.2) is 14.8 Å². The molecule has 12 heteroatoms. The maximum Gasteiger partial charge on any atom is 0.324 e. The summed E-state index contributed by atoms with van der Waals surface area (Å²) in [4.78, 5) is 26.1. The number of ether oxygens (including phenoxy) is 3. The highest BCUT2D eigenvalue weighted by Gasteiger charge is 2.21. The van der Waals surface area contributed by atoms with Gasteiger partial charge in [-0.2, -0.15) is 0 Å². The number of methoxy groups -OCH3 is 1. The Bertz CT molecular complexity index is 1530. The molecule has 2 aromatic carbocycles. The smallest absolute Gasteiger partial charge is 0.324 e. The van der Waals surface area contributed by atoms with E-state index in [1.165, 1.54) is 6.33 Å². The third-order valence-corrected chi connectivity index (χ3v) is 6.94. The highest BCUT2D eigenvalue weighted by Crippen LogP contribution is 2.36. The molecule has 4 aromatic rings. The summed E-state index contributed by atoms with van der Waals surface area (Å²) in [6.07, 6.45) is 1.43. The Balaban J connectivity index is 1.26. The second-order valence-corrected chi connectivity index (χ2v) is 11.2. The van der Waals surface area contributed by atoms with E-state index in [1.54, 1.807) is 37.4 Å². The minimum atomic E-state index is -0.459. The predicted molar refractivity (Wildman–Crippen MR) is 160 cm³/mol. The third kappa shape index (κ3) is 7.25. The van der Waals surface area contributed by atoms with Gasteiger partial charge in [0.2, 0.25) is 5.88 Å². The van der Waals surface area contributed by atoms with Crippen LogP contribution in [0.3, 0.4) is 0 Å². The number of carbonyl (C=O) groups excluding carboxylic acids is 1. The van der Waals surface area contributed by atoms with Crippen LogP contribution in [0.15, 0.2) is 53.3 Å². The summed E-state index contributed by atoms with van der Waals surface area (Å²) in [5, 5.41) is 10.1. The van der Waals surface area contributed by atoms with Gasteiger partial charge in [0.1, 0.15) is 24.4 Å². The molecule has 3 heterocycles. The van der Waals surface area contributed by atoms with Crippen LogP contribution in [0.1, 0.15) is 26.5 Å². The van der Waals surface area contributed by atoms with E-state index in [9.17, 15) is 4.79 Å². The number of piperazine rings is 1. The lowest BCUT2D eigenvalue weighted by Gasteiger charge is -2.32. The Kier molecular flexibility index (Phi) is 8.74. The lowest BCUT2D eigenvalue weighted by molar-refractivity contribution is 0.133. The van der Waals surface area contributed by atoms with E-state index in [4.69, 9.17) is 18.7 Å². The standard InChI is InChI=1S/C30H37N7O5/c1-30(2,3)26-18-27(35-42-26)34-29(38)33-20-7-6-8-21(15-20)41-28-22-16-25(24(39-5)17-23(22)31-19-32-28)40-14-13-37-11-9-36(4)10-12-37/h6-8,15-19H,9-14H2,1-5H3,(H2,33,34,35,38). The molecule has 0 bridgehead atoms. The summed E-state index contributed by atoms with van der Waals surface area (Å²) < 4.78 is 23.2. The van der Waals surface area contributed by atoms with Crippen molar-refractivity contribution in [3.05, 3.63) is 54.6 Å². The molecule has 0 spiro atoms. The van der Waals surface area contributed by atoms with Crippen molar-refractivity contribution in [2.45, 2.75) is 26.2 Å². The zero-order chi connectivity index (χ0) is 29.7. The van der Waals surface area contributed by atoms with Crippen LogP contribution >= 0.6 is 0 Å². The SMILES string of the molecule is COc1cc2ncnc(Oc3cccc(NC(=O)Nc4cc(C(C)(C)C)on4)c3)c2cc1OCCN1CCN(C)CC1. The average Bonchev–Trinajstić information content (AvgIpc) is 3.43. The molecule has 5 rings (SSSR count). The van der Waals surface area contributed by atoms with Gasteiger partial charge >= 0.3 is 6.03 Å². The third-order valence-electron chi connectivity index (χ3n) is 6.94.